The average molecular weight is 1100 g/mol. The first-order valence-electron chi connectivity index (χ1n) is 23.2. The van der Waals surface area contributed by atoms with Crippen LogP contribution in [0.4, 0.5) is 0 Å². The van der Waals surface area contributed by atoms with Crippen molar-refractivity contribution in [1.29, 1.82) is 0 Å². The number of rotatable bonds is 8. The predicted octanol–water partition coefficient (Wildman–Crippen LogP) is 14.2. The monoisotopic (exact) mass is 1100 g/mol. The molecular formula is C58H55GeIrN5O-2. The number of hydrogen-bond acceptors (Lipinski definition) is 5. The van der Waals surface area contributed by atoms with E-state index in [-0.39, 0.29) is 20.1 Å². The largest absolute Gasteiger partial charge is 0 e. The van der Waals surface area contributed by atoms with Crippen LogP contribution in [-0.4, -0.2) is 37.8 Å². The standard InChI is InChI=1S/C37H27N4O.C21H28GeN.Ir/c1-22-9-7-10-23(2)33(22)31-18-17-27-26-13-8-14-29(35(26)42-37(27)40-31)36-39-32-20-19-30-28(16-15-24(3)38-30)34(32)41(36)21-25-11-5-4-6-12-25;1-22(2,3)20-16-23-21(18-12-8-5-9-13-18)15-19(20)14-17-10-6-4-7-11-17;/h4-13,15-20H,21H2,1-3H3;5,8-9,12,15-17H,4,6-7,10-11,14H2,1-3H3;/q2*-1;. The molecule has 0 saturated heterocycles. The Balaban J connectivity index is 0.000000194. The fourth-order valence-corrected chi connectivity index (χ4v) is 13.3. The molecule has 1 aliphatic rings. The van der Waals surface area contributed by atoms with Gasteiger partial charge in [-0.05, 0) is 73.9 Å². The van der Waals surface area contributed by atoms with Gasteiger partial charge in [0.2, 0.25) is 5.71 Å². The summed E-state index contributed by atoms with van der Waals surface area (Å²) in [5.74, 6) is 9.13. The third-order valence-corrected chi connectivity index (χ3v) is 17.5. The van der Waals surface area contributed by atoms with Crippen molar-refractivity contribution < 1.29 is 24.5 Å². The molecule has 1 aliphatic carbocycles. The van der Waals surface area contributed by atoms with Crippen molar-refractivity contribution in [2.45, 2.75) is 83.1 Å². The van der Waals surface area contributed by atoms with E-state index in [0.717, 1.165) is 83.8 Å². The molecule has 0 atom stereocenters. The Bertz CT molecular complexity index is 3310. The Labute approximate surface area is 404 Å². The Kier molecular flexibility index (Phi) is 13.2. The number of furan rings is 1. The van der Waals surface area contributed by atoms with Crippen molar-refractivity contribution in [3.05, 3.63) is 174 Å². The van der Waals surface area contributed by atoms with Crippen molar-refractivity contribution in [1.82, 2.24) is 24.5 Å². The zero-order chi connectivity index (χ0) is 44.7. The minimum absolute atomic E-state index is 0. The molecule has 8 heteroatoms. The van der Waals surface area contributed by atoms with Gasteiger partial charge in [0.1, 0.15) is 0 Å². The number of aryl methyl sites for hydroxylation is 3. The molecule has 5 aromatic carbocycles. The Morgan fingerprint density at radius 1 is 0.682 bits per heavy atom. The minimum atomic E-state index is -1.89. The van der Waals surface area contributed by atoms with Crippen LogP contribution in [-0.2, 0) is 33.1 Å². The van der Waals surface area contributed by atoms with Gasteiger partial charge in [0.25, 0.3) is 0 Å². The zero-order valence-electron chi connectivity index (χ0n) is 38.7. The molecule has 0 unspecified atom stereocenters. The molecule has 66 heavy (non-hydrogen) atoms. The van der Waals surface area contributed by atoms with Crippen LogP contribution in [0.5, 0.6) is 0 Å². The summed E-state index contributed by atoms with van der Waals surface area (Å²) in [7, 11) is 0. The molecule has 1 saturated carbocycles. The first kappa shape index (κ1) is 45.4. The van der Waals surface area contributed by atoms with E-state index in [1.807, 2.05) is 31.2 Å². The van der Waals surface area contributed by atoms with E-state index >= 15 is 0 Å². The van der Waals surface area contributed by atoms with Gasteiger partial charge < -0.3 is 8.98 Å². The third-order valence-electron chi connectivity index (χ3n) is 13.2. The van der Waals surface area contributed by atoms with Gasteiger partial charge in [0, 0.05) is 48.7 Å². The number of aromatic nitrogens is 5. The van der Waals surface area contributed by atoms with Crippen molar-refractivity contribution >= 4 is 61.7 Å². The Morgan fingerprint density at radius 2 is 1.44 bits per heavy atom. The summed E-state index contributed by atoms with van der Waals surface area (Å²) in [6.07, 6.45) is 10.5. The first-order chi connectivity index (χ1) is 31.6. The number of fused-ring (bicyclic) bond motifs is 6. The number of hydrogen-bond donors (Lipinski definition) is 0. The SMILES string of the molecule is Cc1ccc2c(ccc3nc(-c4[c-]ccc5c4oc4nc(-c6c(C)cccc6C)ccc45)n(Cc4ccccc4)c32)n1.[CH3][Ge]([CH3])([CH3])[c]1cnc(-c2[c-]cccc2)cc1CC1CCCCC1.[Ir]. The molecule has 5 aromatic heterocycles. The van der Waals surface area contributed by atoms with E-state index in [1.165, 1.54) is 55.2 Å². The van der Waals surface area contributed by atoms with Gasteiger partial charge in [-0.15, -0.1) is 18.2 Å². The van der Waals surface area contributed by atoms with E-state index in [0.29, 0.717) is 12.3 Å². The maximum atomic E-state index is 6.58. The quantitative estimate of drug-likeness (QED) is 0.112. The molecular weight excluding hydrogens is 1050 g/mol. The second-order valence-electron chi connectivity index (χ2n) is 18.9. The normalized spacial score (nSPS) is 13.2. The summed E-state index contributed by atoms with van der Waals surface area (Å²) in [4.78, 5) is 19.8. The average Bonchev–Trinajstić information content (AvgIpc) is 3.88. The fraction of sp³-hybridized carbons (Fsp3) is 0.241. The molecule has 6 nitrogen and oxygen atoms in total. The molecule has 10 aromatic rings. The van der Waals surface area contributed by atoms with Gasteiger partial charge in [0.05, 0.1) is 33.7 Å². The number of benzene rings is 5. The number of imidazole rings is 1. The molecule has 1 fully saturated rings. The van der Waals surface area contributed by atoms with Crippen molar-refractivity contribution in [2.75, 3.05) is 0 Å². The smallest absolute Gasteiger partial charge is 0 e. The third kappa shape index (κ3) is 9.18. The van der Waals surface area contributed by atoms with Crippen LogP contribution in [0, 0.1) is 38.8 Å². The summed E-state index contributed by atoms with van der Waals surface area (Å²) in [5, 5.41) is 3.05. The molecule has 0 amide bonds. The molecule has 0 N–H and O–H groups in total. The van der Waals surface area contributed by atoms with Gasteiger partial charge >= 0.3 is 144 Å². The van der Waals surface area contributed by atoms with Gasteiger partial charge in [-0.3, -0.25) is 9.97 Å². The zero-order valence-corrected chi connectivity index (χ0v) is 43.2. The van der Waals surface area contributed by atoms with Crippen molar-refractivity contribution in [3.8, 4) is 33.9 Å². The predicted molar refractivity (Wildman–Crippen MR) is 271 cm³/mol. The van der Waals surface area contributed by atoms with E-state index in [1.54, 1.807) is 9.96 Å². The summed E-state index contributed by atoms with van der Waals surface area (Å²) in [6.45, 7) is 6.92. The fourth-order valence-electron chi connectivity index (χ4n) is 9.93. The van der Waals surface area contributed by atoms with E-state index in [2.05, 4.69) is 157 Å². The number of nitrogens with zero attached hydrogens (tertiary/aromatic N) is 5. The summed E-state index contributed by atoms with van der Waals surface area (Å²) < 4.78 is 10.4. The maximum Gasteiger partial charge on any atom is 0 e. The molecule has 0 spiro atoms. The summed E-state index contributed by atoms with van der Waals surface area (Å²) in [5.41, 5.74) is 15.5. The van der Waals surface area contributed by atoms with E-state index in [4.69, 9.17) is 24.4 Å². The van der Waals surface area contributed by atoms with Crippen LogP contribution >= 0.6 is 0 Å². The second-order valence-corrected chi connectivity index (χ2v) is 29.5. The van der Waals surface area contributed by atoms with Crippen LogP contribution in [0.25, 0.3) is 77.9 Å². The van der Waals surface area contributed by atoms with Crippen LogP contribution < -0.4 is 4.40 Å². The molecule has 333 valence electrons. The van der Waals surface area contributed by atoms with Crippen LogP contribution in [0.1, 0.15) is 60.1 Å². The van der Waals surface area contributed by atoms with Crippen molar-refractivity contribution in [2.24, 2.45) is 5.92 Å². The molecule has 1 radical (unpaired) electrons. The van der Waals surface area contributed by atoms with Crippen molar-refractivity contribution in [3.63, 3.8) is 0 Å². The Hall–Kier alpha value is -5.73. The van der Waals surface area contributed by atoms with Gasteiger partial charge in [0.15, 0.2) is 0 Å². The van der Waals surface area contributed by atoms with Gasteiger partial charge in [-0.2, -0.15) is 0 Å². The van der Waals surface area contributed by atoms with Gasteiger partial charge in [-0.25, -0.2) is 4.98 Å². The molecule has 11 rings (SSSR count). The summed E-state index contributed by atoms with van der Waals surface area (Å²) >= 11 is -1.89. The summed E-state index contributed by atoms with van der Waals surface area (Å²) in [6, 6.07) is 50.7. The second kappa shape index (κ2) is 19.2. The Morgan fingerprint density at radius 3 is 2.20 bits per heavy atom. The topological polar surface area (TPSA) is 69.6 Å². The first-order valence-corrected chi connectivity index (χ1v) is 30.5. The van der Waals surface area contributed by atoms with Gasteiger partial charge in [-0.1, -0.05) is 59.5 Å². The number of pyridine rings is 3. The van der Waals surface area contributed by atoms with Crippen LogP contribution in [0.15, 0.2) is 138 Å². The minimum Gasteiger partial charge on any atom is 0 e. The maximum absolute atomic E-state index is 6.58. The molecule has 5 heterocycles. The van der Waals surface area contributed by atoms with Crippen LogP contribution in [0.2, 0.25) is 17.3 Å². The van der Waals surface area contributed by atoms with E-state index in [9.17, 15) is 0 Å². The molecule has 0 aliphatic heterocycles. The van der Waals surface area contributed by atoms with Crippen LogP contribution in [0.3, 0.4) is 0 Å². The molecule has 0 bridgehead atoms. The van der Waals surface area contributed by atoms with E-state index < -0.39 is 13.3 Å².